The zero-order valence-corrected chi connectivity index (χ0v) is 21.8. The fourth-order valence-electron chi connectivity index (χ4n) is 3.10. The minimum Gasteiger partial charge on any atom is -0.480 e. The first-order chi connectivity index (χ1) is 16.9. The van der Waals surface area contributed by atoms with Crippen LogP contribution in [0.5, 0.6) is 0 Å². The molecule has 0 aliphatic carbocycles. The summed E-state index contributed by atoms with van der Waals surface area (Å²) >= 11 is 1.52. The molecular weight excluding hydrogens is 492 g/mol. The minimum absolute atomic E-state index is 0.120. The van der Waals surface area contributed by atoms with Gasteiger partial charge in [-0.25, -0.2) is 4.79 Å². The lowest BCUT2D eigenvalue weighted by atomic mass is 10.1. The Morgan fingerprint density at radius 1 is 0.917 bits per heavy atom. The molecule has 0 heterocycles. The van der Waals surface area contributed by atoms with Gasteiger partial charge in [0.15, 0.2) is 5.96 Å². The molecule has 0 saturated heterocycles. The van der Waals surface area contributed by atoms with E-state index in [4.69, 9.17) is 22.9 Å². The lowest BCUT2D eigenvalue weighted by Gasteiger charge is -2.26. The normalized spacial score (nSPS) is 15.0. The van der Waals surface area contributed by atoms with Crippen LogP contribution < -0.4 is 38.9 Å². The van der Waals surface area contributed by atoms with Crippen LogP contribution in [0.15, 0.2) is 4.99 Å². The number of carboxylic acid groups (broad SMARTS) is 1. The van der Waals surface area contributed by atoms with Crippen molar-refractivity contribution in [1.29, 1.82) is 0 Å². The van der Waals surface area contributed by atoms with Gasteiger partial charge in [0, 0.05) is 6.54 Å². The quantitative estimate of drug-likeness (QED) is 0.0463. The molecule has 15 heteroatoms. The Hall–Kier alpha value is -2.62. The van der Waals surface area contributed by atoms with Gasteiger partial charge in [0.25, 0.3) is 0 Å². The maximum Gasteiger partial charge on any atom is 0.326 e. The Morgan fingerprint density at radius 3 is 2.06 bits per heavy atom. The Labute approximate surface area is 215 Å². The van der Waals surface area contributed by atoms with Crippen molar-refractivity contribution < 1.29 is 29.4 Å². The molecular formula is C21H42N8O6S. The van der Waals surface area contributed by atoms with Gasteiger partial charge in [-0.05, 0) is 64.0 Å². The van der Waals surface area contributed by atoms with Gasteiger partial charge in [-0.15, -0.1) is 0 Å². The largest absolute Gasteiger partial charge is 0.480 e. The number of aliphatic imine (C=N–C) groups is 1. The van der Waals surface area contributed by atoms with Gasteiger partial charge in [0.1, 0.15) is 18.1 Å². The molecule has 0 aliphatic heterocycles. The lowest BCUT2D eigenvalue weighted by molar-refractivity contribution is -0.143. The van der Waals surface area contributed by atoms with Gasteiger partial charge >= 0.3 is 5.97 Å². The summed E-state index contributed by atoms with van der Waals surface area (Å²) in [6, 6.07) is -4.62. The van der Waals surface area contributed by atoms with Gasteiger partial charge in [-0.1, -0.05) is 0 Å². The van der Waals surface area contributed by atoms with E-state index in [0.29, 0.717) is 38.0 Å². The minimum atomic E-state index is -1.46. The molecule has 5 unspecified atom stereocenters. The van der Waals surface area contributed by atoms with Crippen molar-refractivity contribution in [1.82, 2.24) is 16.0 Å². The second kappa shape index (κ2) is 18.6. The van der Waals surface area contributed by atoms with Gasteiger partial charge < -0.3 is 49.1 Å². The number of nitrogens with zero attached hydrogens (tertiary/aromatic N) is 1. The van der Waals surface area contributed by atoms with Crippen LogP contribution in [0, 0.1) is 0 Å². The summed E-state index contributed by atoms with van der Waals surface area (Å²) in [6.07, 6.45) is 2.55. The highest BCUT2D eigenvalue weighted by Gasteiger charge is 2.32. The smallest absolute Gasteiger partial charge is 0.326 e. The number of hydrogen-bond donors (Lipinski definition) is 9. The van der Waals surface area contributed by atoms with Crippen molar-refractivity contribution in [2.45, 2.75) is 75.7 Å². The first-order valence-corrected chi connectivity index (χ1v) is 13.2. The second-order valence-corrected chi connectivity index (χ2v) is 9.29. The van der Waals surface area contributed by atoms with Crippen molar-refractivity contribution in [2.24, 2.45) is 27.9 Å². The number of nitrogens with one attached hydrogen (secondary N) is 3. The molecule has 0 bridgehead atoms. The van der Waals surface area contributed by atoms with Crippen molar-refractivity contribution >= 4 is 41.4 Å². The standard InChI is InChI=1S/C21H42N8O6S/c1-12(30)16(19(33)28-15(20(34)35)6-3-4-9-22)29-18(32)14(7-5-10-26-21(24)25)27-17(31)13(23)8-11-36-2/h12-16,30H,3-11,22-23H2,1-2H3,(H,27,31)(H,28,33)(H,29,32)(H,34,35)(H4,24,25,26). The average Bonchev–Trinajstić information content (AvgIpc) is 2.81. The van der Waals surface area contributed by atoms with Crippen molar-refractivity contribution in [3.8, 4) is 0 Å². The third kappa shape index (κ3) is 14.1. The van der Waals surface area contributed by atoms with E-state index in [1.54, 1.807) is 0 Å². The van der Waals surface area contributed by atoms with E-state index < -0.39 is 54.0 Å². The first kappa shape index (κ1) is 33.4. The molecule has 0 rings (SSSR count). The molecule has 36 heavy (non-hydrogen) atoms. The number of amides is 3. The fourth-order valence-corrected chi connectivity index (χ4v) is 3.59. The number of carbonyl (C=O) groups is 4. The predicted octanol–water partition coefficient (Wildman–Crippen LogP) is -2.83. The summed E-state index contributed by atoms with van der Waals surface area (Å²) < 4.78 is 0. The summed E-state index contributed by atoms with van der Waals surface area (Å²) in [4.78, 5) is 53.6. The summed E-state index contributed by atoms with van der Waals surface area (Å²) in [5, 5.41) is 26.8. The van der Waals surface area contributed by atoms with Crippen LogP contribution in [-0.4, -0.2) is 95.2 Å². The molecule has 0 aromatic rings. The molecule has 208 valence electrons. The average molecular weight is 535 g/mol. The van der Waals surface area contributed by atoms with Crippen LogP contribution in [0.1, 0.15) is 45.4 Å². The highest BCUT2D eigenvalue weighted by molar-refractivity contribution is 7.98. The molecule has 0 spiro atoms. The molecule has 0 radical (unpaired) electrons. The number of rotatable bonds is 19. The van der Waals surface area contributed by atoms with E-state index in [0.717, 1.165) is 0 Å². The van der Waals surface area contributed by atoms with E-state index >= 15 is 0 Å². The van der Waals surface area contributed by atoms with E-state index in [-0.39, 0.29) is 25.3 Å². The molecule has 5 atom stereocenters. The molecule has 14 nitrogen and oxygen atoms in total. The third-order valence-corrected chi connectivity index (χ3v) is 5.82. The Morgan fingerprint density at radius 2 is 1.53 bits per heavy atom. The monoisotopic (exact) mass is 534 g/mol. The van der Waals surface area contributed by atoms with Crippen LogP contribution in [-0.2, 0) is 19.2 Å². The third-order valence-electron chi connectivity index (χ3n) is 5.17. The first-order valence-electron chi connectivity index (χ1n) is 11.8. The molecule has 13 N–H and O–H groups in total. The van der Waals surface area contributed by atoms with Crippen LogP contribution >= 0.6 is 11.8 Å². The topological polar surface area (TPSA) is 261 Å². The Bertz CT molecular complexity index is 735. The highest BCUT2D eigenvalue weighted by atomic mass is 32.2. The summed E-state index contributed by atoms with van der Waals surface area (Å²) in [6.45, 7) is 1.85. The predicted molar refractivity (Wildman–Crippen MR) is 139 cm³/mol. The molecule has 3 amide bonds. The number of carbonyl (C=O) groups excluding carboxylic acids is 3. The molecule has 0 saturated carbocycles. The highest BCUT2D eigenvalue weighted by Crippen LogP contribution is 2.06. The number of thioether (sulfide) groups is 1. The number of carboxylic acids is 1. The Balaban J connectivity index is 5.45. The molecule has 0 aromatic carbocycles. The summed E-state index contributed by atoms with van der Waals surface area (Å²) in [5.74, 6) is -2.89. The van der Waals surface area contributed by atoms with Gasteiger partial charge in [0.05, 0.1) is 12.1 Å². The van der Waals surface area contributed by atoms with E-state index in [9.17, 15) is 29.4 Å². The van der Waals surface area contributed by atoms with Crippen LogP contribution in [0.25, 0.3) is 0 Å². The number of aliphatic hydroxyl groups excluding tert-OH is 1. The zero-order chi connectivity index (χ0) is 27.7. The number of unbranched alkanes of at least 4 members (excludes halogenated alkanes) is 1. The fraction of sp³-hybridized carbons (Fsp3) is 0.762. The number of hydrogen-bond acceptors (Lipinski definition) is 9. The van der Waals surface area contributed by atoms with Crippen molar-refractivity contribution in [3.05, 3.63) is 0 Å². The van der Waals surface area contributed by atoms with E-state index in [1.807, 2.05) is 6.26 Å². The zero-order valence-electron chi connectivity index (χ0n) is 20.9. The summed E-state index contributed by atoms with van der Waals surface area (Å²) in [7, 11) is 0. The molecule has 0 aliphatic rings. The van der Waals surface area contributed by atoms with E-state index in [2.05, 4.69) is 20.9 Å². The van der Waals surface area contributed by atoms with Gasteiger partial charge in [-0.3, -0.25) is 19.4 Å². The van der Waals surface area contributed by atoms with E-state index in [1.165, 1.54) is 18.7 Å². The van der Waals surface area contributed by atoms with Crippen LogP contribution in [0.3, 0.4) is 0 Å². The van der Waals surface area contributed by atoms with Crippen molar-refractivity contribution in [3.63, 3.8) is 0 Å². The molecule has 0 aromatic heterocycles. The molecule has 0 fully saturated rings. The Kier molecular flexibility index (Phi) is 17.3. The maximum atomic E-state index is 13.0. The number of nitrogens with two attached hydrogens (primary N) is 4. The second-order valence-electron chi connectivity index (χ2n) is 8.31. The SMILES string of the molecule is CSCCC(N)C(=O)NC(CCCN=C(N)N)C(=O)NC(C(=O)NC(CCCCN)C(=O)O)C(C)O. The van der Waals surface area contributed by atoms with Crippen LogP contribution in [0.4, 0.5) is 0 Å². The number of guanidine groups is 1. The summed E-state index contributed by atoms with van der Waals surface area (Å²) in [5.41, 5.74) is 21.9. The van der Waals surface area contributed by atoms with Gasteiger partial charge in [0.2, 0.25) is 17.7 Å². The number of aliphatic carboxylic acids is 1. The van der Waals surface area contributed by atoms with Gasteiger partial charge in [-0.2, -0.15) is 11.8 Å². The van der Waals surface area contributed by atoms with Crippen molar-refractivity contribution in [2.75, 3.05) is 25.1 Å². The van der Waals surface area contributed by atoms with Crippen LogP contribution in [0.2, 0.25) is 0 Å². The number of aliphatic hydroxyl groups is 1. The lowest BCUT2D eigenvalue weighted by Crippen LogP contribution is -2.59. The maximum absolute atomic E-state index is 13.0.